The number of hydrogen-bond acceptors (Lipinski definition) is 5. The molecule has 0 saturated carbocycles. The van der Waals surface area contributed by atoms with Crippen LogP contribution in [0.5, 0.6) is 0 Å². The van der Waals surface area contributed by atoms with Crippen LogP contribution >= 0.6 is 7.82 Å². The van der Waals surface area contributed by atoms with Crippen molar-refractivity contribution in [1.29, 1.82) is 0 Å². The van der Waals surface area contributed by atoms with E-state index in [4.69, 9.17) is 25.1 Å². The number of phosphoric ester groups is 1. The Balaban J connectivity index is -0.00000128. The van der Waals surface area contributed by atoms with E-state index in [1.807, 2.05) is 0 Å². The van der Waals surface area contributed by atoms with Gasteiger partial charge < -0.3 is 25.1 Å². The number of hydrogen-bond donors (Lipinski definition) is 5. The van der Waals surface area contributed by atoms with Gasteiger partial charge in [-0.2, -0.15) is 0 Å². The van der Waals surface area contributed by atoms with Crippen molar-refractivity contribution in [3.63, 3.8) is 0 Å². The van der Waals surface area contributed by atoms with Gasteiger partial charge in [-0.1, -0.05) is 0 Å². The van der Waals surface area contributed by atoms with Crippen LogP contribution in [0.25, 0.3) is 0 Å². The third-order valence-corrected chi connectivity index (χ3v) is 2.14. The topological polar surface area (TPSA) is 179 Å². The molecule has 0 rings (SSSR count). The third-order valence-electron chi connectivity index (χ3n) is 1.56. The van der Waals surface area contributed by atoms with Crippen molar-refractivity contribution in [3.05, 3.63) is 0 Å². The Morgan fingerprint density at radius 2 is 1.32 bits per heavy atom. The third kappa shape index (κ3) is 10.5. The van der Waals surface area contributed by atoms with E-state index in [9.17, 15) is 18.9 Å². The van der Waals surface area contributed by atoms with Crippen molar-refractivity contribution in [3.8, 4) is 0 Å². The van der Waals surface area contributed by atoms with E-state index >= 15 is 0 Å². The second-order valence-corrected chi connectivity index (χ2v) is 4.19. The van der Waals surface area contributed by atoms with Crippen molar-refractivity contribution in [2.24, 2.45) is 0 Å². The van der Waals surface area contributed by atoms with Gasteiger partial charge in [-0.3, -0.25) is 14.1 Å². The molecule has 0 radical (unpaired) electrons. The number of aliphatic carboxylic acids is 3. The van der Waals surface area contributed by atoms with Gasteiger partial charge in [-0.25, -0.2) is 9.36 Å². The first-order chi connectivity index (χ1) is 7.48. The van der Waals surface area contributed by atoms with Crippen LogP contribution < -0.4 is 0 Å². The van der Waals surface area contributed by atoms with Crippen LogP contribution in [0, 0.1) is 0 Å². The molecule has 0 aromatic heterocycles. The van der Waals surface area contributed by atoms with E-state index in [1.165, 1.54) is 0 Å². The second kappa shape index (κ2) is 9.98. The van der Waals surface area contributed by atoms with Crippen molar-refractivity contribution in [2.75, 3.05) is 0 Å². The van der Waals surface area contributed by atoms with E-state index in [0.29, 0.717) is 0 Å². The Morgan fingerprint density at radius 1 is 1.00 bits per heavy atom. The van der Waals surface area contributed by atoms with Crippen molar-refractivity contribution in [1.82, 2.24) is 0 Å². The summed E-state index contributed by atoms with van der Waals surface area (Å²) in [6, 6.07) is 0. The molecule has 0 aliphatic carbocycles. The molecular formula is C6H11KNaO10P. The molecule has 0 saturated heterocycles. The van der Waals surface area contributed by atoms with Crippen molar-refractivity contribution < 1.29 is 48.6 Å². The fourth-order valence-corrected chi connectivity index (χ4v) is 1.70. The molecule has 0 fully saturated rings. The predicted molar refractivity (Wildman–Crippen MR) is 62.3 cm³/mol. The molecule has 0 atom stereocenters. The molecule has 0 amide bonds. The summed E-state index contributed by atoms with van der Waals surface area (Å²) in [5.41, 5.74) is -3.02. The van der Waals surface area contributed by atoms with Gasteiger partial charge in [-0.15, -0.1) is 0 Å². The molecule has 0 aliphatic rings. The van der Waals surface area contributed by atoms with Gasteiger partial charge in [-0.05, 0) is 0 Å². The molecule has 0 aliphatic heterocycles. The molecule has 10 nitrogen and oxygen atoms in total. The van der Waals surface area contributed by atoms with E-state index in [2.05, 4.69) is 4.52 Å². The molecule has 0 aromatic carbocycles. The number of carbonyl (C=O) groups is 3. The SMILES string of the molecule is O=C(O)CC(CC(=O)O)(OP(=O)(O)O)C(=O)O.[KH].[NaH]. The summed E-state index contributed by atoms with van der Waals surface area (Å²) in [6.45, 7) is 0. The number of carboxylic acid groups (broad SMARTS) is 3. The monoisotopic (exact) mass is 336 g/mol. The zero-order valence-corrected chi connectivity index (χ0v) is 9.03. The van der Waals surface area contributed by atoms with Gasteiger partial charge in [0, 0.05) is 0 Å². The van der Waals surface area contributed by atoms with E-state index in [-0.39, 0.29) is 80.9 Å². The Kier molecular flexibility index (Phi) is 13.2. The van der Waals surface area contributed by atoms with Crippen LogP contribution in [0.4, 0.5) is 0 Å². The molecule has 19 heavy (non-hydrogen) atoms. The van der Waals surface area contributed by atoms with Crippen LogP contribution in [0.2, 0.25) is 0 Å². The molecular weight excluding hydrogens is 325 g/mol. The zero-order valence-electron chi connectivity index (χ0n) is 8.14. The number of rotatable bonds is 7. The van der Waals surface area contributed by atoms with Gasteiger partial charge >= 0.3 is 107 Å². The van der Waals surface area contributed by atoms with Crippen LogP contribution in [-0.2, 0) is 23.5 Å². The van der Waals surface area contributed by atoms with E-state index < -0.39 is 44.2 Å². The standard InChI is InChI=1S/C6H9O10P.K.Na.2H/c7-3(8)1-6(5(11)12,2-4(9)10)16-17(13,14)15;;;;/h1-2H2,(H,7,8)(H,9,10)(H,11,12)(H2,13,14,15);;;;. The first kappa shape index (κ1) is 25.1. The first-order valence-corrected chi connectivity index (χ1v) is 5.45. The van der Waals surface area contributed by atoms with Gasteiger partial charge in [0.05, 0.1) is 12.8 Å². The Morgan fingerprint density at radius 3 is 1.47 bits per heavy atom. The minimum absolute atomic E-state index is 0. The number of phosphoric acid groups is 1. The molecule has 0 spiro atoms. The molecule has 102 valence electrons. The van der Waals surface area contributed by atoms with Gasteiger partial charge in [0.25, 0.3) is 0 Å². The summed E-state index contributed by atoms with van der Waals surface area (Å²) < 4.78 is 14.4. The van der Waals surface area contributed by atoms with Gasteiger partial charge in [0.15, 0.2) is 5.60 Å². The Bertz CT molecular complexity index is 375. The summed E-state index contributed by atoms with van der Waals surface area (Å²) in [6.07, 6.45) is -2.81. The quantitative estimate of drug-likeness (QED) is 0.248. The molecule has 5 N–H and O–H groups in total. The summed E-state index contributed by atoms with van der Waals surface area (Å²) in [4.78, 5) is 48.5. The first-order valence-electron chi connectivity index (χ1n) is 3.92. The summed E-state index contributed by atoms with van der Waals surface area (Å²) >= 11 is 0. The molecule has 13 heteroatoms. The average Bonchev–Trinajstić information content (AvgIpc) is 1.96. The zero-order chi connectivity index (χ0) is 13.9. The molecule has 0 unspecified atom stereocenters. The minimum atomic E-state index is -5.36. The van der Waals surface area contributed by atoms with Crippen LogP contribution in [0.1, 0.15) is 12.8 Å². The molecule has 0 bridgehead atoms. The normalized spacial score (nSPS) is 10.8. The van der Waals surface area contributed by atoms with Crippen LogP contribution in [-0.4, -0.2) is 130 Å². The summed E-state index contributed by atoms with van der Waals surface area (Å²) in [5.74, 6) is -5.64. The van der Waals surface area contributed by atoms with E-state index in [1.54, 1.807) is 0 Å². The van der Waals surface area contributed by atoms with Gasteiger partial charge in [0.2, 0.25) is 0 Å². The Hall–Kier alpha value is 1.16. The fourth-order valence-electron chi connectivity index (χ4n) is 1.03. The van der Waals surface area contributed by atoms with Crippen molar-refractivity contribution >= 4 is 107 Å². The molecule has 0 heterocycles. The average molecular weight is 336 g/mol. The van der Waals surface area contributed by atoms with Gasteiger partial charge in [0.1, 0.15) is 0 Å². The molecule has 0 aromatic rings. The maximum absolute atomic E-state index is 10.8. The van der Waals surface area contributed by atoms with Crippen LogP contribution in [0.15, 0.2) is 0 Å². The van der Waals surface area contributed by atoms with Crippen molar-refractivity contribution in [2.45, 2.75) is 18.4 Å². The van der Waals surface area contributed by atoms with E-state index in [0.717, 1.165) is 0 Å². The number of carboxylic acids is 3. The predicted octanol–water partition coefficient (Wildman–Crippen LogP) is -2.43. The summed E-state index contributed by atoms with van der Waals surface area (Å²) in [5, 5.41) is 25.5. The fraction of sp³-hybridized carbons (Fsp3) is 0.500. The van der Waals surface area contributed by atoms with Crippen LogP contribution in [0.3, 0.4) is 0 Å². The maximum atomic E-state index is 10.8. The second-order valence-electron chi connectivity index (χ2n) is 3.02. The Labute approximate surface area is 171 Å². The summed E-state index contributed by atoms with van der Waals surface area (Å²) in [7, 11) is -5.36.